The van der Waals surface area contributed by atoms with Gasteiger partial charge in [-0.15, -0.1) is 0 Å². The molecule has 84 valence electrons. The molecule has 0 aromatic rings. The number of aliphatic hydroxyl groups is 1. The average Bonchev–Trinajstić information content (AvgIpc) is 2.21. The van der Waals surface area contributed by atoms with Crippen LogP contribution in [0.4, 0.5) is 0 Å². The summed E-state index contributed by atoms with van der Waals surface area (Å²) >= 11 is 0. The van der Waals surface area contributed by atoms with Crippen LogP contribution in [0, 0.1) is 0 Å². The Kier molecular flexibility index (Phi) is 8.51. The Bertz CT molecular complexity index is 153. The summed E-state index contributed by atoms with van der Waals surface area (Å²) in [7, 11) is 0. The lowest BCUT2D eigenvalue weighted by atomic mass is 10.2. The molecule has 0 heterocycles. The maximum atomic E-state index is 11.1. The van der Waals surface area contributed by atoms with Crippen molar-refractivity contribution in [1.29, 1.82) is 0 Å². The SMILES string of the molecule is CCC(N)C(=O)NCCCOCCO. The lowest BCUT2D eigenvalue weighted by molar-refractivity contribution is -0.122. The van der Waals surface area contributed by atoms with Crippen LogP contribution >= 0.6 is 0 Å². The molecular formula is C9H20N2O3. The van der Waals surface area contributed by atoms with Crippen molar-refractivity contribution in [1.82, 2.24) is 5.32 Å². The van der Waals surface area contributed by atoms with Gasteiger partial charge in [0.2, 0.25) is 5.91 Å². The zero-order valence-corrected chi connectivity index (χ0v) is 8.66. The minimum atomic E-state index is -0.409. The highest BCUT2D eigenvalue weighted by Crippen LogP contribution is 1.86. The van der Waals surface area contributed by atoms with Crippen LogP contribution in [0.1, 0.15) is 19.8 Å². The molecule has 0 saturated carbocycles. The molecule has 4 N–H and O–H groups in total. The Morgan fingerprint density at radius 2 is 2.29 bits per heavy atom. The molecule has 0 aromatic carbocycles. The first-order valence-corrected chi connectivity index (χ1v) is 4.94. The lowest BCUT2D eigenvalue weighted by Crippen LogP contribution is -2.40. The molecule has 5 heteroatoms. The van der Waals surface area contributed by atoms with Gasteiger partial charge in [-0.2, -0.15) is 0 Å². The van der Waals surface area contributed by atoms with Crippen LogP contribution in [0.15, 0.2) is 0 Å². The van der Waals surface area contributed by atoms with Gasteiger partial charge in [-0.3, -0.25) is 4.79 Å². The fraction of sp³-hybridized carbons (Fsp3) is 0.889. The maximum Gasteiger partial charge on any atom is 0.236 e. The Hall–Kier alpha value is -0.650. The maximum absolute atomic E-state index is 11.1. The van der Waals surface area contributed by atoms with Gasteiger partial charge < -0.3 is 20.9 Å². The number of nitrogens with one attached hydrogen (secondary N) is 1. The van der Waals surface area contributed by atoms with Crippen molar-refractivity contribution in [2.45, 2.75) is 25.8 Å². The molecule has 0 aromatic heterocycles. The summed E-state index contributed by atoms with van der Waals surface area (Å²) in [6, 6.07) is -0.409. The number of rotatable bonds is 8. The van der Waals surface area contributed by atoms with E-state index in [0.29, 0.717) is 26.2 Å². The lowest BCUT2D eigenvalue weighted by Gasteiger charge is -2.09. The average molecular weight is 204 g/mol. The first kappa shape index (κ1) is 13.4. The molecule has 0 bridgehead atoms. The third-order valence-corrected chi connectivity index (χ3v) is 1.78. The predicted molar refractivity (Wildman–Crippen MR) is 53.8 cm³/mol. The van der Waals surface area contributed by atoms with Gasteiger partial charge in [0.05, 0.1) is 19.3 Å². The smallest absolute Gasteiger partial charge is 0.236 e. The second kappa shape index (κ2) is 8.93. The van der Waals surface area contributed by atoms with E-state index in [1.165, 1.54) is 0 Å². The summed E-state index contributed by atoms with van der Waals surface area (Å²) < 4.78 is 5.02. The summed E-state index contributed by atoms with van der Waals surface area (Å²) in [5, 5.41) is 11.1. The fourth-order valence-corrected chi connectivity index (χ4v) is 0.869. The van der Waals surface area contributed by atoms with Crippen molar-refractivity contribution < 1.29 is 14.6 Å². The van der Waals surface area contributed by atoms with Crippen molar-refractivity contribution in [3.05, 3.63) is 0 Å². The number of hydrogen-bond acceptors (Lipinski definition) is 4. The standard InChI is InChI=1S/C9H20N2O3/c1-2-8(10)9(13)11-4-3-6-14-7-5-12/h8,12H,2-7,10H2,1H3,(H,11,13). The van der Waals surface area contributed by atoms with Crippen LogP contribution in [0.25, 0.3) is 0 Å². The molecule has 1 amide bonds. The number of aliphatic hydroxyl groups excluding tert-OH is 1. The fourth-order valence-electron chi connectivity index (χ4n) is 0.869. The van der Waals surface area contributed by atoms with E-state index in [2.05, 4.69) is 5.32 Å². The van der Waals surface area contributed by atoms with Crippen molar-refractivity contribution in [3.8, 4) is 0 Å². The van der Waals surface area contributed by atoms with Gasteiger partial charge in [0.25, 0.3) is 0 Å². The highest BCUT2D eigenvalue weighted by molar-refractivity contribution is 5.81. The van der Waals surface area contributed by atoms with Gasteiger partial charge >= 0.3 is 0 Å². The molecule has 0 spiro atoms. The summed E-state index contributed by atoms with van der Waals surface area (Å²) in [5.74, 6) is -0.116. The van der Waals surface area contributed by atoms with Gasteiger partial charge in [-0.05, 0) is 12.8 Å². The Balaban J connectivity index is 3.23. The summed E-state index contributed by atoms with van der Waals surface area (Å²) in [4.78, 5) is 11.1. The summed E-state index contributed by atoms with van der Waals surface area (Å²) in [6.07, 6.45) is 1.38. The Morgan fingerprint density at radius 1 is 1.57 bits per heavy atom. The van der Waals surface area contributed by atoms with Crippen LogP contribution in [-0.2, 0) is 9.53 Å². The monoisotopic (exact) mass is 204 g/mol. The second-order valence-electron chi connectivity index (χ2n) is 3.00. The van der Waals surface area contributed by atoms with Crippen molar-refractivity contribution in [3.63, 3.8) is 0 Å². The molecule has 1 atom stereocenters. The largest absolute Gasteiger partial charge is 0.394 e. The van der Waals surface area contributed by atoms with Crippen molar-refractivity contribution in [2.24, 2.45) is 5.73 Å². The normalized spacial score (nSPS) is 12.5. The zero-order chi connectivity index (χ0) is 10.8. The van der Waals surface area contributed by atoms with Crippen LogP contribution in [0.3, 0.4) is 0 Å². The highest BCUT2D eigenvalue weighted by Gasteiger charge is 2.08. The number of ether oxygens (including phenoxy) is 1. The van der Waals surface area contributed by atoms with Crippen molar-refractivity contribution in [2.75, 3.05) is 26.4 Å². The number of carbonyl (C=O) groups is 1. The molecule has 5 nitrogen and oxygen atoms in total. The van der Waals surface area contributed by atoms with E-state index in [1.54, 1.807) is 0 Å². The van der Waals surface area contributed by atoms with E-state index in [-0.39, 0.29) is 12.5 Å². The number of carbonyl (C=O) groups excluding carboxylic acids is 1. The second-order valence-corrected chi connectivity index (χ2v) is 3.00. The zero-order valence-electron chi connectivity index (χ0n) is 8.66. The Labute approximate surface area is 84.6 Å². The first-order valence-electron chi connectivity index (χ1n) is 4.94. The minimum Gasteiger partial charge on any atom is -0.394 e. The van der Waals surface area contributed by atoms with Crippen LogP contribution in [0.5, 0.6) is 0 Å². The van der Waals surface area contributed by atoms with Gasteiger partial charge in [-0.1, -0.05) is 6.92 Å². The van der Waals surface area contributed by atoms with Crippen LogP contribution in [0.2, 0.25) is 0 Å². The molecule has 0 aliphatic carbocycles. The summed E-state index contributed by atoms with van der Waals surface area (Å²) in [5.41, 5.74) is 5.50. The summed E-state index contributed by atoms with van der Waals surface area (Å²) in [6.45, 7) is 3.37. The van der Waals surface area contributed by atoms with E-state index >= 15 is 0 Å². The molecular weight excluding hydrogens is 184 g/mol. The Morgan fingerprint density at radius 3 is 2.86 bits per heavy atom. The molecule has 0 aliphatic rings. The molecule has 0 saturated heterocycles. The number of hydrogen-bond donors (Lipinski definition) is 3. The minimum absolute atomic E-state index is 0.0348. The van der Waals surface area contributed by atoms with E-state index in [1.807, 2.05) is 6.92 Å². The first-order chi connectivity index (χ1) is 6.72. The van der Waals surface area contributed by atoms with E-state index in [9.17, 15) is 4.79 Å². The van der Waals surface area contributed by atoms with E-state index < -0.39 is 6.04 Å². The third kappa shape index (κ3) is 6.82. The molecule has 0 rings (SSSR count). The van der Waals surface area contributed by atoms with Gasteiger partial charge in [0.1, 0.15) is 0 Å². The topological polar surface area (TPSA) is 84.6 Å². The molecule has 1 unspecified atom stereocenters. The third-order valence-electron chi connectivity index (χ3n) is 1.78. The molecule has 0 fully saturated rings. The van der Waals surface area contributed by atoms with Gasteiger partial charge in [-0.25, -0.2) is 0 Å². The number of amides is 1. The van der Waals surface area contributed by atoms with Gasteiger partial charge in [0, 0.05) is 13.2 Å². The highest BCUT2D eigenvalue weighted by atomic mass is 16.5. The quantitative estimate of drug-likeness (QED) is 0.454. The van der Waals surface area contributed by atoms with E-state index in [0.717, 1.165) is 6.42 Å². The molecule has 0 radical (unpaired) electrons. The van der Waals surface area contributed by atoms with Crippen LogP contribution in [-0.4, -0.2) is 43.4 Å². The molecule has 14 heavy (non-hydrogen) atoms. The van der Waals surface area contributed by atoms with Crippen molar-refractivity contribution >= 4 is 5.91 Å². The van der Waals surface area contributed by atoms with Crippen LogP contribution < -0.4 is 11.1 Å². The predicted octanol–water partition coefficient (Wildman–Crippen LogP) is -0.761. The number of nitrogens with two attached hydrogens (primary N) is 1. The van der Waals surface area contributed by atoms with Gasteiger partial charge in [0.15, 0.2) is 0 Å². The molecule has 0 aliphatic heterocycles. The van der Waals surface area contributed by atoms with E-state index in [4.69, 9.17) is 15.6 Å².